The minimum Gasteiger partial charge on any atom is -0.480 e. The number of rotatable bonds is 4. The standard InChI is InChI=1S/C19H17ClN4O5S/c1-19(2)12(18(28)29)24-16(27)11(17(24)30-19)22-14(25)10-7-21-13(23-15(10)26)8-3-5-9(20)6-4-8/h3-7,11-12,17H,1-2H3,(H,22,25)(H,28,29)(H,21,23,26)/t11-,12+,17-/m1/s1. The number of nitrogens with one attached hydrogen (secondary N) is 2. The zero-order chi connectivity index (χ0) is 21.8. The highest BCUT2D eigenvalue weighted by atomic mass is 35.5. The van der Waals surface area contributed by atoms with E-state index in [0.29, 0.717) is 10.6 Å². The fourth-order valence-electron chi connectivity index (χ4n) is 3.68. The van der Waals surface area contributed by atoms with Crippen LogP contribution in [0.2, 0.25) is 5.02 Å². The first-order valence-electron chi connectivity index (χ1n) is 8.99. The third-order valence-corrected chi connectivity index (χ3v) is 6.95. The molecular formula is C19H17ClN4O5S. The van der Waals surface area contributed by atoms with Crippen molar-refractivity contribution in [3.05, 3.63) is 51.4 Å². The number of halogens is 1. The number of benzene rings is 1. The first-order valence-corrected chi connectivity index (χ1v) is 10.2. The van der Waals surface area contributed by atoms with Crippen molar-refractivity contribution in [2.24, 2.45) is 0 Å². The molecule has 0 bridgehead atoms. The Kier molecular flexibility index (Phi) is 4.86. The molecule has 0 saturated carbocycles. The summed E-state index contributed by atoms with van der Waals surface area (Å²) in [7, 11) is 0. The molecular weight excluding hydrogens is 432 g/mol. The van der Waals surface area contributed by atoms with Gasteiger partial charge in [-0.25, -0.2) is 9.78 Å². The van der Waals surface area contributed by atoms with Gasteiger partial charge >= 0.3 is 5.97 Å². The van der Waals surface area contributed by atoms with Crippen LogP contribution in [0, 0.1) is 0 Å². The Bertz CT molecular complexity index is 1120. The number of β-lactam (4-membered cyclic amide) rings is 1. The van der Waals surface area contributed by atoms with Gasteiger partial charge in [0.15, 0.2) is 0 Å². The van der Waals surface area contributed by atoms with Crippen molar-refractivity contribution >= 4 is 41.1 Å². The molecule has 2 fully saturated rings. The van der Waals surface area contributed by atoms with Gasteiger partial charge in [0.25, 0.3) is 11.5 Å². The Morgan fingerprint density at radius 1 is 1.27 bits per heavy atom. The van der Waals surface area contributed by atoms with Crippen LogP contribution in [0.15, 0.2) is 35.3 Å². The number of thioether (sulfide) groups is 1. The van der Waals surface area contributed by atoms with E-state index in [1.165, 1.54) is 16.7 Å². The number of nitrogens with zero attached hydrogens (tertiary/aromatic N) is 2. The van der Waals surface area contributed by atoms with E-state index < -0.39 is 45.5 Å². The van der Waals surface area contributed by atoms with Crippen LogP contribution in [0.4, 0.5) is 0 Å². The molecule has 9 nitrogen and oxygen atoms in total. The number of amides is 2. The van der Waals surface area contributed by atoms with E-state index in [4.69, 9.17) is 11.6 Å². The van der Waals surface area contributed by atoms with Gasteiger partial charge in [0.05, 0.1) is 0 Å². The maximum absolute atomic E-state index is 12.6. The van der Waals surface area contributed by atoms with Gasteiger partial charge in [-0.05, 0) is 38.1 Å². The largest absolute Gasteiger partial charge is 0.480 e. The molecule has 30 heavy (non-hydrogen) atoms. The Morgan fingerprint density at radius 2 is 1.93 bits per heavy atom. The summed E-state index contributed by atoms with van der Waals surface area (Å²) in [6, 6.07) is 4.78. The second-order valence-corrected chi connectivity index (χ2v) is 9.74. The monoisotopic (exact) mass is 448 g/mol. The summed E-state index contributed by atoms with van der Waals surface area (Å²) < 4.78 is -0.703. The van der Waals surface area contributed by atoms with Gasteiger partial charge in [-0.3, -0.25) is 14.4 Å². The van der Waals surface area contributed by atoms with Gasteiger partial charge in [0, 0.05) is 21.5 Å². The van der Waals surface area contributed by atoms with E-state index in [9.17, 15) is 24.3 Å². The Labute approximate surface area is 179 Å². The highest BCUT2D eigenvalue weighted by molar-refractivity contribution is 8.01. The number of carboxylic acids is 1. The fraction of sp³-hybridized carbons (Fsp3) is 0.316. The SMILES string of the molecule is CC1(C)S[C@@H]2[C@H](NC(=O)c3cnc(-c4ccc(Cl)cc4)[nH]c3=O)C(=O)N2[C@H]1C(=O)O. The maximum atomic E-state index is 12.6. The molecule has 2 amide bonds. The molecule has 11 heteroatoms. The lowest BCUT2D eigenvalue weighted by atomic mass is 9.96. The number of hydrogen-bond acceptors (Lipinski definition) is 6. The number of aliphatic carboxylic acids is 1. The maximum Gasteiger partial charge on any atom is 0.327 e. The molecule has 1 aromatic heterocycles. The average Bonchev–Trinajstić information content (AvgIpc) is 2.94. The van der Waals surface area contributed by atoms with Gasteiger partial charge in [0.1, 0.15) is 28.8 Å². The highest BCUT2D eigenvalue weighted by Crippen LogP contribution is 2.50. The van der Waals surface area contributed by atoms with Crippen molar-refractivity contribution in [2.75, 3.05) is 0 Å². The number of aromatic amines is 1. The van der Waals surface area contributed by atoms with Crippen LogP contribution in [0.1, 0.15) is 24.2 Å². The normalized spacial score (nSPS) is 24.2. The van der Waals surface area contributed by atoms with Crippen LogP contribution < -0.4 is 10.9 Å². The predicted molar refractivity (Wildman–Crippen MR) is 110 cm³/mol. The van der Waals surface area contributed by atoms with Crippen molar-refractivity contribution in [1.82, 2.24) is 20.2 Å². The number of hydrogen-bond donors (Lipinski definition) is 3. The predicted octanol–water partition coefficient (Wildman–Crippen LogP) is 1.34. The van der Waals surface area contributed by atoms with Crippen LogP contribution in [-0.2, 0) is 9.59 Å². The first kappa shape index (κ1) is 20.4. The number of carboxylic acid groups (broad SMARTS) is 1. The Morgan fingerprint density at radius 3 is 2.53 bits per heavy atom. The topological polar surface area (TPSA) is 132 Å². The quantitative estimate of drug-likeness (QED) is 0.601. The van der Waals surface area contributed by atoms with E-state index >= 15 is 0 Å². The molecule has 2 aliphatic heterocycles. The van der Waals surface area contributed by atoms with Crippen LogP contribution in [0.3, 0.4) is 0 Å². The Balaban J connectivity index is 1.51. The summed E-state index contributed by atoms with van der Waals surface area (Å²) in [6.45, 7) is 3.48. The van der Waals surface area contributed by atoms with Crippen LogP contribution in [0.5, 0.6) is 0 Å². The summed E-state index contributed by atoms with van der Waals surface area (Å²) in [5.74, 6) is -2.05. The third kappa shape index (κ3) is 3.25. The van der Waals surface area contributed by atoms with Crippen molar-refractivity contribution in [1.29, 1.82) is 0 Å². The average molecular weight is 449 g/mol. The lowest BCUT2D eigenvalue weighted by Gasteiger charge is -2.43. The second kappa shape index (κ2) is 7.13. The molecule has 4 rings (SSSR count). The van der Waals surface area contributed by atoms with Gasteiger partial charge in [-0.15, -0.1) is 11.8 Å². The lowest BCUT2D eigenvalue weighted by molar-refractivity contribution is -0.159. The van der Waals surface area contributed by atoms with E-state index in [1.54, 1.807) is 38.1 Å². The molecule has 0 spiro atoms. The third-order valence-electron chi connectivity index (χ3n) is 5.12. The van der Waals surface area contributed by atoms with Crippen LogP contribution in [-0.4, -0.2) is 60.0 Å². The minimum absolute atomic E-state index is 0.240. The first-order chi connectivity index (χ1) is 14.1. The number of aromatic nitrogens is 2. The minimum atomic E-state index is -1.09. The van der Waals surface area contributed by atoms with Gasteiger partial charge < -0.3 is 20.3 Å². The number of fused-ring (bicyclic) bond motifs is 1. The summed E-state index contributed by atoms with van der Waals surface area (Å²) >= 11 is 7.15. The smallest absolute Gasteiger partial charge is 0.327 e. The van der Waals surface area contributed by atoms with Crippen molar-refractivity contribution < 1.29 is 19.5 Å². The lowest BCUT2D eigenvalue weighted by Crippen LogP contribution is -2.70. The zero-order valence-corrected chi connectivity index (χ0v) is 17.5. The molecule has 3 N–H and O–H groups in total. The van der Waals surface area contributed by atoms with E-state index in [0.717, 1.165) is 6.20 Å². The molecule has 0 aliphatic carbocycles. The zero-order valence-electron chi connectivity index (χ0n) is 15.9. The molecule has 3 atom stereocenters. The molecule has 0 unspecified atom stereocenters. The number of carbonyl (C=O) groups is 3. The van der Waals surface area contributed by atoms with Gasteiger partial charge in [-0.2, -0.15) is 0 Å². The summed E-state index contributed by atoms with van der Waals surface area (Å²) in [5.41, 5.74) is -0.271. The van der Waals surface area contributed by atoms with Crippen molar-refractivity contribution in [3.63, 3.8) is 0 Å². The molecule has 0 radical (unpaired) electrons. The van der Waals surface area contributed by atoms with E-state index in [2.05, 4.69) is 15.3 Å². The number of H-pyrrole nitrogens is 1. The second-order valence-electron chi connectivity index (χ2n) is 7.53. The van der Waals surface area contributed by atoms with Crippen LogP contribution in [0.25, 0.3) is 11.4 Å². The molecule has 2 aliphatic rings. The molecule has 156 valence electrons. The highest BCUT2D eigenvalue weighted by Gasteiger charge is 2.64. The summed E-state index contributed by atoms with van der Waals surface area (Å²) in [4.78, 5) is 57.0. The van der Waals surface area contributed by atoms with Gasteiger partial charge in [0.2, 0.25) is 5.91 Å². The molecule has 2 aromatic rings. The Hall–Kier alpha value is -2.85. The van der Waals surface area contributed by atoms with Crippen molar-refractivity contribution in [3.8, 4) is 11.4 Å². The molecule has 2 saturated heterocycles. The summed E-state index contributed by atoms with van der Waals surface area (Å²) in [6.07, 6.45) is 1.14. The number of carbonyl (C=O) groups excluding carboxylic acids is 2. The van der Waals surface area contributed by atoms with Crippen LogP contribution >= 0.6 is 23.4 Å². The molecule has 1 aromatic carbocycles. The van der Waals surface area contributed by atoms with Crippen molar-refractivity contribution in [2.45, 2.75) is 36.1 Å². The molecule has 3 heterocycles. The summed E-state index contributed by atoms with van der Waals surface area (Å²) in [5, 5.41) is 12.0. The fourth-order valence-corrected chi connectivity index (χ4v) is 5.43. The van der Waals surface area contributed by atoms with E-state index in [1.807, 2.05) is 0 Å². The van der Waals surface area contributed by atoms with E-state index in [-0.39, 0.29) is 11.4 Å². The van der Waals surface area contributed by atoms with Gasteiger partial charge in [-0.1, -0.05) is 11.6 Å².